The number of hydrogen-bond donors (Lipinski definition) is 0. The number of rotatable bonds is 2. The molecule has 0 saturated heterocycles. The Bertz CT molecular complexity index is 243. The van der Waals surface area contributed by atoms with E-state index in [1.165, 1.54) is 5.69 Å². The van der Waals surface area contributed by atoms with Crippen molar-refractivity contribution in [3.8, 4) is 0 Å². The van der Waals surface area contributed by atoms with Crippen molar-refractivity contribution in [1.82, 2.24) is 4.57 Å². The average molecular weight is 149 g/mol. The van der Waals surface area contributed by atoms with Crippen LogP contribution in [-0.4, -0.2) is 4.57 Å². The minimum Gasteiger partial charge on any atom is -0.345 e. The molecule has 1 heterocycles. The van der Waals surface area contributed by atoms with Crippen LogP contribution in [-0.2, 0) is 0 Å². The summed E-state index contributed by atoms with van der Waals surface area (Å²) >= 11 is 0. The predicted octanol–water partition coefficient (Wildman–Crippen LogP) is 3.10. The van der Waals surface area contributed by atoms with Crippen molar-refractivity contribution in [3.05, 3.63) is 30.1 Å². The highest BCUT2D eigenvalue weighted by atomic mass is 15.0. The van der Waals surface area contributed by atoms with E-state index >= 15 is 0 Å². The number of allylic oxidation sites excluding steroid dienone is 1. The summed E-state index contributed by atoms with van der Waals surface area (Å²) in [7, 11) is 0. The molecule has 0 aromatic carbocycles. The van der Waals surface area contributed by atoms with E-state index in [0.29, 0.717) is 6.04 Å². The normalized spacial score (nSPS) is 11.6. The maximum atomic E-state index is 2.25. The molecule has 1 heteroatoms. The largest absolute Gasteiger partial charge is 0.345 e. The summed E-state index contributed by atoms with van der Waals surface area (Å²) in [6.07, 6.45) is 6.30. The summed E-state index contributed by atoms with van der Waals surface area (Å²) in [5.41, 5.74) is 1.28. The topological polar surface area (TPSA) is 4.93 Å². The van der Waals surface area contributed by atoms with Gasteiger partial charge < -0.3 is 4.57 Å². The Morgan fingerprint density at radius 2 is 2.18 bits per heavy atom. The molecule has 1 rings (SSSR count). The van der Waals surface area contributed by atoms with Gasteiger partial charge in [0.1, 0.15) is 0 Å². The van der Waals surface area contributed by atoms with Gasteiger partial charge in [-0.1, -0.05) is 6.08 Å². The summed E-state index contributed by atoms with van der Waals surface area (Å²) in [6, 6.07) is 4.76. The van der Waals surface area contributed by atoms with Gasteiger partial charge in [0.15, 0.2) is 0 Å². The fraction of sp³-hybridized carbons (Fsp3) is 0.400. The molecular formula is C10H15N. The molecule has 0 unspecified atom stereocenters. The van der Waals surface area contributed by atoms with Crippen LogP contribution in [0.2, 0.25) is 0 Å². The molecule has 1 nitrogen and oxygen atoms in total. The van der Waals surface area contributed by atoms with Gasteiger partial charge in [0.25, 0.3) is 0 Å². The molecule has 0 aliphatic rings. The summed E-state index contributed by atoms with van der Waals surface area (Å²) in [5, 5.41) is 0. The van der Waals surface area contributed by atoms with Crippen LogP contribution in [0.4, 0.5) is 0 Å². The highest BCUT2D eigenvalue weighted by Gasteiger charge is 1.98. The van der Waals surface area contributed by atoms with Crippen molar-refractivity contribution in [2.45, 2.75) is 26.8 Å². The maximum absolute atomic E-state index is 2.25. The third-order valence-electron chi connectivity index (χ3n) is 1.71. The van der Waals surface area contributed by atoms with Crippen molar-refractivity contribution in [2.24, 2.45) is 0 Å². The van der Waals surface area contributed by atoms with E-state index in [9.17, 15) is 0 Å². The van der Waals surface area contributed by atoms with E-state index in [-0.39, 0.29) is 0 Å². The van der Waals surface area contributed by atoms with E-state index in [1.807, 2.05) is 6.92 Å². The SMILES string of the molecule is C/C=C/c1cccn1C(C)C. The van der Waals surface area contributed by atoms with Crippen molar-refractivity contribution in [3.63, 3.8) is 0 Å². The Balaban J connectivity index is 2.96. The number of hydrogen-bond acceptors (Lipinski definition) is 0. The second kappa shape index (κ2) is 3.42. The molecule has 0 fully saturated rings. The number of nitrogens with zero attached hydrogens (tertiary/aromatic N) is 1. The molecule has 0 spiro atoms. The van der Waals surface area contributed by atoms with Crippen LogP contribution < -0.4 is 0 Å². The number of aromatic nitrogens is 1. The van der Waals surface area contributed by atoms with E-state index in [0.717, 1.165) is 0 Å². The van der Waals surface area contributed by atoms with E-state index in [2.05, 4.69) is 48.9 Å². The first-order valence-corrected chi connectivity index (χ1v) is 4.05. The third kappa shape index (κ3) is 1.73. The van der Waals surface area contributed by atoms with Crippen molar-refractivity contribution in [1.29, 1.82) is 0 Å². The van der Waals surface area contributed by atoms with Crippen LogP contribution >= 0.6 is 0 Å². The minimum atomic E-state index is 0.552. The van der Waals surface area contributed by atoms with Crippen LogP contribution in [0.1, 0.15) is 32.5 Å². The Hall–Kier alpha value is -0.980. The maximum Gasteiger partial charge on any atom is 0.0405 e. The molecule has 0 atom stereocenters. The molecule has 11 heavy (non-hydrogen) atoms. The lowest BCUT2D eigenvalue weighted by molar-refractivity contribution is 0.599. The molecule has 0 aliphatic heterocycles. The van der Waals surface area contributed by atoms with Gasteiger partial charge >= 0.3 is 0 Å². The monoisotopic (exact) mass is 149 g/mol. The van der Waals surface area contributed by atoms with Gasteiger partial charge in [-0.2, -0.15) is 0 Å². The Morgan fingerprint density at radius 1 is 1.45 bits per heavy atom. The molecule has 0 N–H and O–H groups in total. The van der Waals surface area contributed by atoms with Gasteiger partial charge in [-0.3, -0.25) is 0 Å². The lowest BCUT2D eigenvalue weighted by atomic mass is 10.3. The molecule has 60 valence electrons. The van der Waals surface area contributed by atoms with Crippen LogP contribution in [0.5, 0.6) is 0 Å². The van der Waals surface area contributed by atoms with Gasteiger partial charge in [0.05, 0.1) is 0 Å². The Morgan fingerprint density at radius 3 is 2.73 bits per heavy atom. The van der Waals surface area contributed by atoms with E-state index < -0.39 is 0 Å². The first-order chi connectivity index (χ1) is 5.25. The van der Waals surface area contributed by atoms with Gasteiger partial charge in [0.2, 0.25) is 0 Å². The standard InChI is InChI=1S/C10H15N/c1-4-6-10-7-5-8-11(10)9(2)3/h4-9H,1-3H3/b6-4+. The second-order valence-electron chi connectivity index (χ2n) is 2.93. The smallest absolute Gasteiger partial charge is 0.0405 e. The highest BCUT2D eigenvalue weighted by molar-refractivity contribution is 5.45. The summed E-state index contributed by atoms with van der Waals surface area (Å²) in [5.74, 6) is 0. The summed E-state index contributed by atoms with van der Waals surface area (Å²) in [6.45, 7) is 6.41. The molecule has 0 amide bonds. The third-order valence-corrected chi connectivity index (χ3v) is 1.71. The van der Waals surface area contributed by atoms with Crippen LogP contribution in [0.25, 0.3) is 6.08 Å². The van der Waals surface area contributed by atoms with E-state index in [4.69, 9.17) is 0 Å². The Labute approximate surface area is 68.4 Å². The summed E-state index contributed by atoms with van der Waals surface area (Å²) in [4.78, 5) is 0. The van der Waals surface area contributed by atoms with Gasteiger partial charge in [0, 0.05) is 17.9 Å². The molecular weight excluding hydrogens is 134 g/mol. The summed E-state index contributed by atoms with van der Waals surface area (Å²) < 4.78 is 2.25. The van der Waals surface area contributed by atoms with Gasteiger partial charge in [-0.25, -0.2) is 0 Å². The molecule has 0 bridgehead atoms. The van der Waals surface area contributed by atoms with Gasteiger partial charge in [-0.05, 0) is 39.0 Å². The average Bonchev–Trinajstić information content (AvgIpc) is 2.36. The van der Waals surface area contributed by atoms with Crippen LogP contribution in [0.15, 0.2) is 24.4 Å². The zero-order valence-electron chi connectivity index (χ0n) is 7.41. The first-order valence-electron chi connectivity index (χ1n) is 4.05. The fourth-order valence-corrected chi connectivity index (χ4v) is 1.19. The fourth-order valence-electron chi connectivity index (χ4n) is 1.19. The zero-order valence-corrected chi connectivity index (χ0v) is 7.41. The van der Waals surface area contributed by atoms with Gasteiger partial charge in [-0.15, -0.1) is 0 Å². The molecule has 0 aliphatic carbocycles. The second-order valence-corrected chi connectivity index (χ2v) is 2.93. The molecule has 0 radical (unpaired) electrons. The lowest BCUT2D eigenvalue weighted by Gasteiger charge is -2.09. The quantitative estimate of drug-likeness (QED) is 0.609. The molecule has 1 aromatic heterocycles. The highest BCUT2D eigenvalue weighted by Crippen LogP contribution is 2.11. The Kier molecular flexibility index (Phi) is 2.53. The van der Waals surface area contributed by atoms with Crippen molar-refractivity contribution in [2.75, 3.05) is 0 Å². The lowest BCUT2D eigenvalue weighted by Crippen LogP contribution is -2.00. The molecule has 1 aromatic rings. The zero-order chi connectivity index (χ0) is 8.27. The minimum absolute atomic E-state index is 0.552. The van der Waals surface area contributed by atoms with E-state index in [1.54, 1.807) is 0 Å². The van der Waals surface area contributed by atoms with Crippen molar-refractivity contribution >= 4 is 6.08 Å². The predicted molar refractivity (Wildman–Crippen MR) is 49.5 cm³/mol. The molecule has 0 saturated carbocycles. The van der Waals surface area contributed by atoms with Crippen molar-refractivity contribution < 1.29 is 0 Å². The van der Waals surface area contributed by atoms with Crippen LogP contribution in [0.3, 0.4) is 0 Å². The van der Waals surface area contributed by atoms with Crippen LogP contribution in [0, 0.1) is 0 Å². The first kappa shape index (κ1) is 8.12.